The Balaban J connectivity index is 1.64. The summed E-state index contributed by atoms with van der Waals surface area (Å²) in [7, 11) is 3.03. The highest BCUT2D eigenvalue weighted by Gasteiger charge is 2.25. The van der Waals surface area contributed by atoms with Gasteiger partial charge in [0, 0.05) is 24.7 Å². The predicted octanol–water partition coefficient (Wildman–Crippen LogP) is 1.32. The Morgan fingerprint density at radius 1 is 1.16 bits per heavy atom. The number of esters is 2. The number of aromatic nitrogens is 4. The maximum Gasteiger partial charge on any atom is 0.328 e. The fourth-order valence-corrected chi connectivity index (χ4v) is 3.54. The van der Waals surface area contributed by atoms with Gasteiger partial charge in [0.2, 0.25) is 5.95 Å². The van der Waals surface area contributed by atoms with Gasteiger partial charge in [0.05, 0.1) is 25.5 Å². The number of aromatic amines is 1. The average Bonchev–Trinajstić information content (AvgIpc) is 2.85. The quantitative estimate of drug-likeness (QED) is 0.343. The number of ether oxygens (including phenoxy) is 2. The van der Waals surface area contributed by atoms with Gasteiger partial charge in [0.15, 0.2) is 11.2 Å². The first kappa shape index (κ1) is 28.0. The number of hydrogen-bond donors (Lipinski definition) is 3. The van der Waals surface area contributed by atoms with Crippen molar-refractivity contribution in [2.75, 3.05) is 24.8 Å². The van der Waals surface area contributed by atoms with Crippen molar-refractivity contribution in [3.05, 3.63) is 52.1 Å². The van der Waals surface area contributed by atoms with Gasteiger partial charge < -0.3 is 25.4 Å². The number of nitrogens with zero attached hydrogens (tertiary/aromatic N) is 4. The van der Waals surface area contributed by atoms with Gasteiger partial charge in [-0.05, 0) is 51.5 Å². The molecule has 38 heavy (non-hydrogen) atoms. The number of fused-ring (bicyclic) bond motifs is 1. The molecule has 0 bridgehead atoms. The zero-order valence-electron chi connectivity index (χ0n) is 21.9. The normalized spacial score (nSPS) is 12.0. The van der Waals surface area contributed by atoms with Crippen LogP contribution in [0.4, 0.5) is 11.6 Å². The van der Waals surface area contributed by atoms with E-state index in [4.69, 9.17) is 15.2 Å². The minimum Gasteiger partial charge on any atom is -0.467 e. The highest BCUT2D eigenvalue weighted by Crippen LogP contribution is 2.17. The maximum absolute atomic E-state index is 12.8. The molecule has 0 radical (unpaired) electrons. The zero-order chi connectivity index (χ0) is 28.0. The fraction of sp³-hybridized carbons (Fsp3) is 0.400. The molecule has 0 aliphatic rings. The minimum atomic E-state index is -1.01. The van der Waals surface area contributed by atoms with Crippen LogP contribution in [0.25, 0.3) is 11.2 Å². The van der Waals surface area contributed by atoms with E-state index < -0.39 is 35.0 Å². The molecule has 0 fully saturated rings. The number of benzene rings is 1. The molecule has 0 aliphatic carbocycles. The van der Waals surface area contributed by atoms with Crippen LogP contribution in [0.1, 0.15) is 49.7 Å². The number of carbonyl (C=O) groups is 3. The predicted molar refractivity (Wildman–Crippen MR) is 139 cm³/mol. The van der Waals surface area contributed by atoms with Crippen LogP contribution in [0.3, 0.4) is 0 Å². The van der Waals surface area contributed by atoms with Crippen LogP contribution in [0.2, 0.25) is 0 Å². The van der Waals surface area contributed by atoms with Gasteiger partial charge in [-0.2, -0.15) is 4.98 Å². The molecule has 202 valence electrons. The van der Waals surface area contributed by atoms with Gasteiger partial charge >= 0.3 is 11.9 Å². The molecule has 13 heteroatoms. The number of amides is 1. The van der Waals surface area contributed by atoms with Gasteiger partial charge in [0.1, 0.15) is 11.6 Å². The second-order valence-corrected chi connectivity index (χ2v) is 9.56. The van der Waals surface area contributed by atoms with E-state index in [0.29, 0.717) is 17.8 Å². The molecular formula is C25H31N7O6. The number of nitrogen functional groups attached to an aromatic ring is 1. The number of nitrogens with two attached hydrogens (primary N) is 1. The summed E-state index contributed by atoms with van der Waals surface area (Å²) < 4.78 is 10.0. The highest BCUT2D eigenvalue weighted by atomic mass is 16.6. The van der Waals surface area contributed by atoms with Crippen molar-refractivity contribution in [1.29, 1.82) is 0 Å². The molecule has 1 amide bonds. The van der Waals surface area contributed by atoms with E-state index in [0.717, 1.165) is 5.69 Å². The van der Waals surface area contributed by atoms with Crippen LogP contribution < -0.4 is 21.5 Å². The maximum atomic E-state index is 12.8. The molecule has 1 atom stereocenters. The molecular weight excluding hydrogens is 494 g/mol. The van der Waals surface area contributed by atoms with Crippen LogP contribution in [0.5, 0.6) is 0 Å². The van der Waals surface area contributed by atoms with Crippen molar-refractivity contribution in [3.8, 4) is 0 Å². The Labute approximate surface area is 218 Å². The number of H-pyrrole nitrogens is 1. The van der Waals surface area contributed by atoms with Crippen LogP contribution in [0.15, 0.2) is 35.3 Å². The van der Waals surface area contributed by atoms with Crippen molar-refractivity contribution < 1.29 is 23.9 Å². The molecule has 0 saturated heterocycles. The summed E-state index contributed by atoms with van der Waals surface area (Å²) in [5.41, 5.74) is 6.26. The molecule has 2 heterocycles. The lowest BCUT2D eigenvalue weighted by Crippen LogP contribution is -2.42. The van der Waals surface area contributed by atoms with Crippen molar-refractivity contribution >= 4 is 40.6 Å². The summed E-state index contributed by atoms with van der Waals surface area (Å²) in [6.45, 7) is 5.56. The lowest BCUT2D eigenvalue weighted by molar-refractivity contribution is -0.155. The monoisotopic (exact) mass is 525 g/mol. The largest absolute Gasteiger partial charge is 0.467 e. The third kappa shape index (κ3) is 7.48. The third-order valence-electron chi connectivity index (χ3n) is 5.30. The third-order valence-corrected chi connectivity index (χ3v) is 5.30. The smallest absolute Gasteiger partial charge is 0.328 e. The Bertz CT molecular complexity index is 1380. The van der Waals surface area contributed by atoms with Gasteiger partial charge in [-0.3, -0.25) is 19.4 Å². The Hall–Kier alpha value is -4.55. The number of nitrogens with one attached hydrogen (secondary N) is 2. The first-order valence-electron chi connectivity index (χ1n) is 11.8. The number of rotatable bonds is 9. The van der Waals surface area contributed by atoms with Gasteiger partial charge in [-0.25, -0.2) is 14.8 Å². The van der Waals surface area contributed by atoms with Gasteiger partial charge in [0.25, 0.3) is 11.5 Å². The Kier molecular flexibility index (Phi) is 8.61. The molecule has 1 unspecified atom stereocenters. The summed E-state index contributed by atoms with van der Waals surface area (Å²) in [5.74, 6) is -1.67. The minimum absolute atomic E-state index is 0.0336. The number of carbonyl (C=O) groups excluding carboxylic acids is 3. The summed E-state index contributed by atoms with van der Waals surface area (Å²) in [5, 5.41) is 2.62. The lowest BCUT2D eigenvalue weighted by atomic mass is 10.1. The Morgan fingerprint density at radius 2 is 1.84 bits per heavy atom. The van der Waals surface area contributed by atoms with Crippen molar-refractivity contribution in [1.82, 2.24) is 25.3 Å². The van der Waals surface area contributed by atoms with Gasteiger partial charge in [-0.1, -0.05) is 0 Å². The van der Waals surface area contributed by atoms with Crippen molar-refractivity contribution in [2.45, 2.75) is 51.8 Å². The standard InChI is InChI=1S/C25H31N7O6/c1-25(2,3)38-18(33)11-10-17(23(36)37-5)29-21(34)14-6-8-16(9-7-14)32(4)13-15-12-27-20-19(28-15)22(35)31-24(26)30-20/h6-9,12,17H,10-11,13H2,1-5H3,(H,29,34)(H3,26,27,30,31,35). The molecule has 1 aromatic carbocycles. The number of hydrogen-bond acceptors (Lipinski definition) is 11. The Morgan fingerprint density at radius 3 is 2.47 bits per heavy atom. The molecule has 4 N–H and O–H groups in total. The fourth-order valence-electron chi connectivity index (χ4n) is 3.54. The van der Waals surface area contributed by atoms with Crippen molar-refractivity contribution in [2.24, 2.45) is 0 Å². The number of methoxy groups -OCH3 is 1. The first-order chi connectivity index (χ1) is 17.9. The van der Waals surface area contributed by atoms with Crippen LogP contribution in [-0.2, 0) is 25.6 Å². The number of anilines is 2. The first-order valence-corrected chi connectivity index (χ1v) is 11.8. The van der Waals surface area contributed by atoms with E-state index in [1.807, 2.05) is 11.9 Å². The van der Waals surface area contributed by atoms with E-state index in [1.54, 1.807) is 45.0 Å². The van der Waals surface area contributed by atoms with E-state index in [1.165, 1.54) is 13.3 Å². The average molecular weight is 526 g/mol. The van der Waals surface area contributed by atoms with E-state index in [2.05, 4.69) is 25.3 Å². The highest BCUT2D eigenvalue weighted by molar-refractivity contribution is 5.97. The van der Waals surface area contributed by atoms with E-state index >= 15 is 0 Å². The summed E-state index contributed by atoms with van der Waals surface area (Å²) >= 11 is 0. The SMILES string of the molecule is COC(=O)C(CCC(=O)OC(C)(C)C)NC(=O)c1ccc(N(C)Cc2cnc3nc(N)[nH]c(=O)c3n2)cc1. The summed E-state index contributed by atoms with van der Waals surface area (Å²) in [6.07, 6.45) is 1.48. The van der Waals surface area contributed by atoms with Crippen molar-refractivity contribution in [3.63, 3.8) is 0 Å². The topological polar surface area (TPSA) is 182 Å². The van der Waals surface area contributed by atoms with Crippen LogP contribution >= 0.6 is 0 Å². The summed E-state index contributed by atoms with van der Waals surface area (Å²) in [4.78, 5) is 65.8. The van der Waals surface area contributed by atoms with Crippen LogP contribution in [-0.4, -0.2) is 63.6 Å². The molecule has 3 rings (SSSR count). The molecule has 3 aromatic rings. The molecule has 2 aromatic heterocycles. The second kappa shape index (κ2) is 11.7. The van der Waals surface area contributed by atoms with Gasteiger partial charge in [-0.15, -0.1) is 0 Å². The molecule has 0 aliphatic heterocycles. The van der Waals surface area contributed by atoms with E-state index in [-0.39, 0.29) is 30.0 Å². The second-order valence-electron chi connectivity index (χ2n) is 9.56. The molecule has 0 spiro atoms. The molecule has 13 nitrogen and oxygen atoms in total. The zero-order valence-corrected chi connectivity index (χ0v) is 21.9. The van der Waals surface area contributed by atoms with E-state index in [9.17, 15) is 19.2 Å². The molecule has 0 saturated carbocycles. The lowest BCUT2D eigenvalue weighted by Gasteiger charge is -2.21. The van der Waals surface area contributed by atoms with Crippen LogP contribution in [0, 0.1) is 0 Å². The summed E-state index contributed by atoms with van der Waals surface area (Å²) in [6, 6.07) is 5.65.